The van der Waals surface area contributed by atoms with Crippen LogP contribution in [0.2, 0.25) is 0 Å². The van der Waals surface area contributed by atoms with Gasteiger partial charge in [0.05, 0.1) is 6.54 Å². The molecule has 1 aliphatic rings. The highest BCUT2D eigenvalue weighted by Gasteiger charge is 2.17. The number of aliphatic imine (C=N–C) groups is 1. The molecule has 15 heavy (non-hydrogen) atoms. The first-order valence-corrected chi connectivity index (χ1v) is 5.74. The van der Waals surface area contributed by atoms with Crippen molar-refractivity contribution in [2.75, 3.05) is 6.54 Å². The summed E-state index contributed by atoms with van der Waals surface area (Å²) in [5.41, 5.74) is 3.55. The second-order valence-electron chi connectivity index (χ2n) is 3.42. The Morgan fingerprint density at radius 1 is 1.47 bits per heavy atom. The third-order valence-corrected chi connectivity index (χ3v) is 2.98. The highest BCUT2D eigenvalue weighted by molar-refractivity contribution is 9.10. The van der Waals surface area contributed by atoms with Crippen LogP contribution in [0.15, 0.2) is 27.4 Å². The van der Waals surface area contributed by atoms with Crippen molar-refractivity contribution in [3.8, 4) is 0 Å². The third kappa shape index (κ3) is 2.00. The van der Waals surface area contributed by atoms with E-state index >= 15 is 0 Å². The Morgan fingerprint density at radius 3 is 2.87 bits per heavy atom. The van der Waals surface area contributed by atoms with Crippen LogP contribution in [-0.4, -0.2) is 22.2 Å². The number of rotatable bonds is 2. The maximum Gasteiger partial charge on any atom is 0.158 e. The van der Waals surface area contributed by atoms with E-state index in [1.165, 1.54) is 11.3 Å². The molecular formula is C11H12BrN3. The molecule has 0 bridgehead atoms. The number of hydrogen-bond donors (Lipinski definition) is 0. The smallest absolute Gasteiger partial charge is 0.158 e. The molecule has 0 unspecified atom stereocenters. The van der Waals surface area contributed by atoms with Crippen LogP contribution in [0.4, 0.5) is 0 Å². The highest BCUT2D eigenvalue weighted by Crippen LogP contribution is 2.24. The van der Waals surface area contributed by atoms with Gasteiger partial charge in [0.2, 0.25) is 0 Å². The molecule has 0 saturated heterocycles. The zero-order valence-corrected chi connectivity index (χ0v) is 10.4. The summed E-state index contributed by atoms with van der Waals surface area (Å²) in [5.74, 6) is 0.786. The predicted molar refractivity (Wildman–Crippen MR) is 64.9 cm³/mol. The molecule has 1 aliphatic heterocycles. The lowest BCUT2D eigenvalue weighted by Crippen LogP contribution is -1.98. The Bertz CT molecular complexity index is 449. The first-order chi connectivity index (χ1) is 7.22. The number of hydrogen-bond acceptors (Lipinski definition) is 3. The van der Waals surface area contributed by atoms with E-state index in [-0.39, 0.29) is 0 Å². The molecule has 0 aliphatic carbocycles. The molecule has 1 aromatic rings. The van der Waals surface area contributed by atoms with Gasteiger partial charge in [0.25, 0.3) is 0 Å². The molecule has 0 radical (unpaired) electrons. The topological polar surface area (TPSA) is 38.1 Å². The van der Waals surface area contributed by atoms with Crippen LogP contribution in [0, 0.1) is 0 Å². The average molecular weight is 266 g/mol. The number of allylic oxidation sites excluding steroid dienone is 1. The molecule has 4 heteroatoms. The Kier molecular flexibility index (Phi) is 2.95. The Morgan fingerprint density at radius 2 is 2.27 bits per heavy atom. The molecule has 1 aromatic heterocycles. The van der Waals surface area contributed by atoms with Crippen molar-refractivity contribution >= 4 is 27.2 Å². The van der Waals surface area contributed by atoms with Gasteiger partial charge in [-0.1, -0.05) is 6.92 Å². The first kappa shape index (κ1) is 10.5. The van der Waals surface area contributed by atoms with Crippen LogP contribution in [0.3, 0.4) is 0 Å². The molecule has 0 aromatic carbocycles. The molecule has 78 valence electrons. The van der Waals surface area contributed by atoms with E-state index in [0.29, 0.717) is 6.54 Å². The normalized spacial score (nSPS) is 15.8. The van der Waals surface area contributed by atoms with Crippen LogP contribution in [0.25, 0.3) is 5.57 Å². The van der Waals surface area contributed by atoms with Crippen molar-refractivity contribution < 1.29 is 0 Å². The predicted octanol–water partition coefficient (Wildman–Crippen LogP) is 2.88. The van der Waals surface area contributed by atoms with E-state index < -0.39 is 0 Å². The standard InChI is InChI=1S/C11H12BrN3/c1-3-9-7(2)8(6-14-9)11-13-5-4-10(12)15-11/h4-5H,3,6H2,1-2H3. The molecule has 3 nitrogen and oxygen atoms in total. The SMILES string of the molecule is CCC1=NCC(c2nccc(Br)n2)=C1C. The van der Waals surface area contributed by atoms with Gasteiger partial charge in [-0.25, -0.2) is 9.97 Å². The van der Waals surface area contributed by atoms with Gasteiger partial charge in [0.15, 0.2) is 5.82 Å². The van der Waals surface area contributed by atoms with Gasteiger partial charge >= 0.3 is 0 Å². The van der Waals surface area contributed by atoms with Crippen LogP contribution >= 0.6 is 15.9 Å². The van der Waals surface area contributed by atoms with Gasteiger partial charge in [-0.05, 0) is 40.9 Å². The minimum atomic E-state index is 0.714. The summed E-state index contributed by atoms with van der Waals surface area (Å²) in [6.07, 6.45) is 2.74. The number of nitrogens with zero attached hydrogens (tertiary/aromatic N) is 3. The molecule has 0 fully saturated rings. The number of aromatic nitrogens is 2. The minimum absolute atomic E-state index is 0.714. The lowest BCUT2D eigenvalue weighted by atomic mass is 10.1. The van der Waals surface area contributed by atoms with Gasteiger partial charge in [-0.15, -0.1) is 0 Å². The zero-order chi connectivity index (χ0) is 10.8. The van der Waals surface area contributed by atoms with Crippen LogP contribution in [0.5, 0.6) is 0 Å². The lowest BCUT2D eigenvalue weighted by molar-refractivity contribution is 1.07. The monoisotopic (exact) mass is 265 g/mol. The second kappa shape index (κ2) is 4.23. The van der Waals surface area contributed by atoms with E-state index in [1.54, 1.807) is 6.20 Å². The van der Waals surface area contributed by atoms with Crippen molar-refractivity contribution in [1.82, 2.24) is 9.97 Å². The van der Waals surface area contributed by atoms with Gasteiger partial charge in [0.1, 0.15) is 4.60 Å². The fourth-order valence-electron chi connectivity index (χ4n) is 1.68. The van der Waals surface area contributed by atoms with Crippen molar-refractivity contribution in [3.05, 3.63) is 28.3 Å². The van der Waals surface area contributed by atoms with Crippen molar-refractivity contribution in [1.29, 1.82) is 0 Å². The van der Waals surface area contributed by atoms with Crippen LogP contribution < -0.4 is 0 Å². The van der Waals surface area contributed by atoms with Crippen molar-refractivity contribution in [2.45, 2.75) is 20.3 Å². The quantitative estimate of drug-likeness (QED) is 0.772. The first-order valence-electron chi connectivity index (χ1n) is 4.94. The van der Waals surface area contributed by atoms with Crippen LogP contribution in [-0.2, 0) is 0 Å². The zero-order valence-electron chi connectivity index (χ0n) is 8.79. The molecular weight excluding hydrogens is 254 g/mol. The second-order valence-corrected chi connectivity index (χ2v) is 4.24. The summed E-state index contributed by atoms with van der Waals surface area (Å²) < 4.78 is 0.817. The average Bonchev–Trinajstić information content (AvgIpc) is 2.59. The largest absolute Gasteiger partial charge is 0.285 e. The van der Waals surface area contributed by atoms with E-state index in [0.717, 1.165) is 22.4 Å². The molecule has 2 heterocycles. The molecule has 2 rings (SSSR count). The summed E-state index contributed by atoms with van der Waals surface area (Å²) in [7, 11) is 0. The molecule has 0 amide bonds. The maximum atomic E-state index is 4.47. The van der Waals surface area contributed by atoms with Gasteiger partial charge in [-0.3, -0.25) is 4.99 Å². The highest BCUT2D eigenvalue weighted by atomic mass is 79.9. The molecule has 0 spiro atoms. The maximum absolute atomic E-state index is 4.47. The van der Waals surface area contributed by atoms with Gasteiger partial charge in [0, 0.05) is 17.5 Å². The summed E-state index contributed by atoms with van der Waals surface area (Å²) in [6.45, 7) is 4.92. The van der Waals surface area contributed by atoms with E-state index in [9.17, 15) is 0 Å². The molecule has 0 N–H and O–H groups in total. The van der Waals surface area contributed by atoms with E-state index in [4.69, 9.17) is 0 Å². The van der Waals surface area contributed by atoms with Gasteiger partial charge in [-0.2, -0.15) is 0 Å². The fraction of sp³-hybridized carbons (Fsp3) is 0.364. The molecule has 0 saturated carbocycles. The lowest BCUT2D eigenvalue weighted by Gasteiger charge is -2.02. The van der Waals surface area contributed by atoms with Crippen molar-refractivity contribution in [3.63, 3.8) is 0 Å². The third-order valence-electron chi connectivity index (χ3n) is 2.54. The summed E-state index contributed by atoms with van der Waals surface area (Å²) in [6, 6.07) is 1.83. The van der Waals surface area contributed by atoms with E-state index in [1.807, 2.05) is 6.07 Å². The summed E-state index contributed by atoms with van der Waals surface area (Å²) in [4.78, 5) is 13.1. The fourth-order valence-corrected chi connectivity index (χ4v) is 1.97. The Labute approximate surface area is 97.5 Å². The van der Waals surface area contributed by atoms with Gasteiger partial charge < -0.3 is 0 Å². The Balaban J connectivity index is 2.39. The summed E-state index contributed by atoms with van der Waals surface area (Å²) >= 11 is 3.35. The van der Waals surface area contributed by atoms with E-state index in [2.05, 4.69) is 44.7 Å². The molecule has 0 atom stereocenters. The number of halogens is 1. The van der Waals surface area contributed by atoms with Crippen molar-refractivity contribution in [2.24, 2.45) is 4.99 Å². The van der Waals surface area contributed by atoms with Crippen LogP contribution in [0.1, 0.15) is 26.1 Å². The summed E-state index contributed by atoms with van der Waals surface area (Å²) in [5, 5.41) is 0. The Hall–Kier alpha value is -1.03. The minimum Gasteiger partial charge on any atom is -0.285 e.